The molecule has 1 aliphatic heterocycles. The predicted octanol–water partition coefficient (Wildman–Crippen LogP) is 0.802. The topological polar surface area (TPSA) is 98.3 Å². The molecule has 0 bridgehead atoms. The summed E-state index contributed by atoms with van der Waals surface area (Å²) in [4.78, 5) is 14.6. The molecule has 24 heavy (non-hydrogen) atoms. The van der Waals surface area contributed by atoms with Crippen LogP contribution in [0.25, 0.3) is 0 Å². The third-order valence-electron chi connectivity index (χ3n) is 4.08. The van der Waals surface area contributed by atoms with Gasteiger partial charge in [0.1, 0.15) is 17.6 Å². The highest BCUT2D eigenvalue weighted by Crippen LogP contribution is 2.24. The maximum absolute atomic E-state index is 12.8. The van der Waals surface area contributed by atoms with Crippen molar-refractivity contribution >= 4 is 11.9 Å². The van der Waals surface area contributed by atoms with E-state index in [1.165, 1.54) is 0 Å². The van der Waals surface area contributed by atoms with Gasteiger partial charge < -0.3 is 19.4 Å². The number of hydrogen-bond donors (Lipinski definition) is 1. The standard InChI is InChI=1S/C15H20N6O3/c1-9-5-6-13(24-9)12(8-23-4)16-14(22)11-7-21-15(17-18-19-21)20(3)10(11)2/h5-6,12H,7-8H2,1-4H3,(H,16,22). The van der Waals surface area contributed by atoms with Crippen LogP contribution < -0.4 is 10.2 Å². The van der Waals surface area contributed by atoms with Crippen LogP contribution in [-0.2, 0) is 16.1 Å². The van der Waals surface area contributed by atoms with Crippen molar-refractivity contribution in [2.45, 2.75) is 26.4 Å². The quantitative estimate of drug-likeness (QED) is 0.865. The summed E-state index contributed by atoms with van der Waals surface area (Å²) in [6.07, 6.45) is 0. The first-order chi connectivity index (χ1) is 11.5. The smallest absolute Gasteiger partial charge is 0.251 e. The van der Waals surface area contributed by atoms with E-state index < -0.39 is 0 Å². The number of fused-ring (bicyclic) bond motifs is 1. The zero-order valence-corrected chi connectivity index (χ0v) is 14.1. The zero-order chi connectivity index (χ0) is 17.3. The van der Waals surface area contributed by atoms with E-state index in [9.17, 15) is 4.79 Å². The largest absolute Gasteiger partial charge is 0.464 e. The first-order valence-corrected chi connectivity index (χ1v) is 7.57. The number of amides is 1. The van der Waals surface area contributed by atoms with Gasteiger partial charge in [0.15, 0.2) is 0 Å². The maximum atomic E-state index is 12.8. The number of nitrogens with zero attached hydrogens (tertiary/aromatic N) is 5. The van der Waals surface area contributed by atoms with Crippen LogP contribution in [0.1, 0.15) is 24.5 Å². The Labute approximate surface area is 139 Å². The SMILES string of the molecule is COCC(NC(=O)C1=C(C)N(C)c2nnnn2C1)c1ccc(C)o1. The molecule has 0 aliphatic carbocycles. The van der Waals surface area contributed by atoms with Crippen molar-refractivity contribution in [1.82, 2.24) is 25.5 Å². The number of carbonyl (C=O) groups is 1. The van der Waals surface area contributed by atoms with Crippen LogP contribution in [0.4, 0.5) is 5.95 Å². The van der Waals surface area contributed by atoms with Crippen LogP contribution in [0.3, 0.4) is 0 Å². The lowest BCUT2D eigenvalue weighted by molar-refractivity contribution is -0.119. The highest BCUT2D eigenvalue weighted by Gasteiger charge is 2.28. The van der Waals surface area contributed by atoms with Gasteiger partial charge in [0.05, 0.1) is 18.7 Å². The molecule has 0 aromatic carbocycles. The maximum Gasteiger partial charge on any atom is 0.251 e. The molecule has 0 saturated carbocycles. The fourth-order valence-electron chi connectivity index (χ4n) is 2.64. The van der Waals surface area contributed by atoms with Gasteiger partial charge >= 0.3 is 0 Å². The van der Waals surface area contributed by atoms with Gasteiger partial charge in [-0.3, -0.25) is 4.79 Å². The van der Waals surface area contributed by atoms with E-state index in [1.54, 1.807) is 16.7 Å². The number of aromatic nitrogens is 4. The van der Waals surface area contributed by atoms with Crippen LogP contribution in [0.15, 0.2) is 27.8 Å². The Hall–Kier alpha value is -2.68. The Morgan fingerprint density at radius 2 is 2.25 bits per heavy atom. The second-order valence-corrected chi connectivity index (χ2v) is 5.69. The fourth-order valence-corrected chi connectivity index (χ4v) is 2.64. The minimum absolute atomic E-state index is 0.198. The molecule has 2 aromatic heterocycles. The van der Waals surface area contributed by atoms with Gasteiger partial charge in [-0.05, 0) is 36.4 Å². The molecule has 1 unspecified atom stereocenters. The van der Waals surface area contributed by atoms with E-state index in [2.05, 4.69) is 20.8 Å². The van der Waals surface area contributed by atoms with Gasteiger partial charge in [-0.25, -0.2) is 4.68 Å². The number of hydrogen-bond acceptors (Lipinski definition) is 7. The third-order valence-corrected chi connectivity index (χ3v) is 4.08. The summed E-state index contributed by atoms with van der Waals surface area (Å²) in [5.41, 5.74) is 1.41. The first-order valence-electron chi connectivity index (χ1n) is 7.57. The normalized spacial score (nSPS) is 15.4. The summed E-state index contributed by atoms with van der Waals surface area (Å²) in [6.45, 7) is 4.37. The van der Waals surface area contributed by atoms with Crippen LogP contribution in [0, 0.1) is 6.92 Å². The highest BCUT2D eigenvalue weighted by molar-refractivity contribution is 5.95. The van der Waals surface area contributed by atoms with Crippen LogP contribution in [0.2, 0.25) is 0 Å². The molecule has 1 N–H and O–H groups in total. The number of aryl methyl sites for hydroxylation is 1. The summed E-state index contributed by atoms with van der Waals surface area (Å²) < 4.78 is 12.4. The molecule has 0 fully saturated rings. The number of rotatable bonds is 5. The summed E-state index contributed by atoms with van der Waals surface area (Å²) >= 11 is 0. The van der Waals surface area contributed by atoms with Crippen molar-refractivity contribution in [3.63, 3.8) is 0 Å². The molecule has 0 radical (unpaired) electrons. The van der Waals surface area contributed by atoms with Crippen LogP contribution in [0.5, 0.6) is 0 Å². The Balaban J connectivity index is 1.81. The Kier molecular flexibility index (Phi) is 4.34. The molecule has 3 heterocycles. The van der Waals surface area contributed by atoms with Gasteiger partial charge in [0, 0.05) is 19.9 Å². The lowest BCUT2D eigenvalue weighted by Gasteiger charge is -2.27. The first kappa shape index (κ1) is 16.2. The van der Waals surface area contributed by atoms with E-state index >= 15 is 0 Å². The molecule has 2 aromatic rings. The summed E-state index contributed by atoms with van der Waals surface area (Å²) in [5.74, 6) is 1.86. The van der Waals surface area contributed by atoms with Crippen LogP contribution >= 0.6 is 0 Å². The molecule has 3 rings (SSSR count). The number of furan rings is 1. The Bertz CT molecular complexity index is 778. The molecular weight excluding hydrogens is 312 g/mol. The molecule has 1 atom stereocenters. The molecule has 128 valence electrons. The summed E-state index contributed by atoms with van der Waals surface area (Å²) in [5, 5.41) is 14.5. The number of tetrazole rings is 1. The van der Waals surface area contributed by atoms with E-state index in [4.69, 9.17) is 9.15 Å². The molecule has 1 aliphatic rings. The number of anilines is 1. The number of allylic oxidation sites excluding steroid dienone is 1. The average Bonchev–Trinajstić information content (AvgIpc) is 3.19. The van der Waals surface area contributed by atoms with Crippen molar-refractivity contribution in [3.8, 4) is 0 Å². The highest BCUT2D eigenvalue weighted by atomic mass is 16.5. The number of methoxy groups -OCH3 is 1. The number of nitrogens with one attached hydrogen (secondary N) is 1. The number of ether oxygens (including phenoxy) is 1. The second kappa shape index (κ2) is 6.44. The Morgan fingerprint density at radius 3 is 2.92 bits per heavy atom. The minimum Gasteiger partial charge on any atom is -0.464 e. The molecule has 0 spiro atoms. The lowest BCUT2D eigenvalue weighted by atomic mass is 10.1. The summed E-state index contributed by atoms with van der Waals surface area (Å²) in [6, 6.07) is 3.33. The zero-order valence-electron chi connectivity index (χ0n) is 14.1. The molecule has 1 amide bonds. The van der Waals surface area contributed by atoms with E-state index in [1.807, 2.05) is 33.0 Å². The van der Waals surface area contributed by atoms with Crippen molar-refractivity contribution in [2.75, 3.05) is 25.7 Å². The monoisotopic (exact) mass is 332 g/mol. The van der Waals surface area contributed by atoms with E-state index in [0.29, 0.717) is 30.4 Å². The van der Waals surface area contributed by atoms with Gasteiger partial charge in [-0.15, -0.1) is 0 Å². The summed E-state index contributed by atoms with van der Waals surface area (Å²) in [7, 11) is 3.41. The van der Waals surface area contributed by atoms with E-state index in [0.717, 1.165) is 11.5 Å². The lowest BCUT2D eigenvalue weighted by Crippen LogP contribution is -2.37. The van der Waals surface area contributed by atoms with Crippen LogP contribution in [-0.4, -0.2) is 46.9 Å². The van der Waals surface area contributed by atoms with Crippen molar-refractivity contribution in [3.05, 3.63) is 34.9 Å². The fraction of sp³-hybridized carbons (Fsp3) is 0.467. The van der Waals surface area contributed by atoms with E-state index in [-0.39, 0.29) is 11.9 Å². The molecule has 9 nitrogen and oxygen atoms in total. The molecule has 0 saturated heterocycles. The van der Waals surface area contributed by atoms with Crippen molar-refractivity contribution in [1.29, 1.82) is 0 Å². The molecule has 9 heteroatoms. The minimum atomic E-state index is -0.364. The van der Waals surface area contributed by atoms with Gasteiger partial charge in [0.2, 0.25) is 5.95 Å². The van der Waals surface area contributed by atoms with Crippen molar-refractivity contribution in [2.24, 2.45) is 0 Å². The van der Waals surface area contributed by atoms with Crippen molar-refractivity contribution < 1.29 is 13.9 Å². The van der Waals surface area contributed by atoms with Gasteiger partial charge in [-0.2, -0.15) is 0 Å². The Morgan fingerprint density at radius 1 is 1.46 bits per heavy atom. The second-order valence-electron chi connectivity index (χ2n) is 5.69. The number of carbonyl (C=O) groups excluding carboxylic acids is 1. The average molecular weight is 332 g/mol. The predicted molar refractivity (Wildman–Crippen MR) is 85.1 cm³/mol. The third kappa shape index (κ3) is 2.90. The molecular formula is C15H20N6O3. The van der Waals surface area contributed by atoms with Gasteiger partial charge in [-0.1, -0.05) is 5.10 Å². The van der Waals surface area contributed by atoms with Gasteiger partial charge in [0.25, 0.3) is 5.91 Å².